The van der Waals surface area contributed by atoms with E-state index in [4.69, 9.17) is 4.74 Å². The zero-order valence-corrected chi connectivity index (χ0v) is 17.9. The highest BCUT2D eigenvalue weighted by molar-refractivity contribution is 5.79. The molecular weight excluding hydrogens is 348 g/mol. The third-order valence-corrected chi connectivity index (χ3v) is 7.08. The van der Waals surface area contributed by atoms with Gasteiger partial charge in [-0.2, -0.15) is 0 Å². The third kappa shape index (κ3) is 3.94. The topological polar surface area (TPSA) is 32.8 Å². The summed E-state index contributed by atoms with van der Waals surface area (Å²) in [5, 5.41) is 0. The van der Waals surface area contributed by atoms with E-state index in [-0.39, 0.29) is 22.9 Å². The number of carbonyl (C=O) groups excluding carboxylic acids is 1. The second-order valence-corrected chi connectivity index (χ2v) is 10.1. The Labute approximate surface area is 170 Å². The fourth-order valence-electron chi connectivity index (χ4n) is 5.38. The third-order valence-electron chi connectivity index (χ3n) is 7.08. The van der Waals surface area contributed by atoms with Gasteiger partial charge >= 0.3 is 5.97 Å². The van der Waals surface area contributed by atoms with Gasteiger partial charge < -0.3 is 9.64 Å². The van der Waals surface area contributed by atoms with Gasteiger partial charge in [0.15, 0.2) is 0 Å². The number of cyclic esters (lactones) is 1. The first kappa shape index (κ1) is 19.8. The second-order valence-electron chi connectivity index (χ2n) is 10.1. The van der Waals surface area contributed by atoms with Crippen LogP contribution < -0.4 is 4.90 Å². The number of hydrogen-bond donors (Lipinski definition) is 0. The van der Waals surface area contributed by atoms with Crippen molar-refractivity contribution < 1.29 is 9.53 Å². The molecule has 4 heteroatoms. The molecule has 1 aromatic carbocycles. The Balaban J connectivity index is 1.28. The molecule has 2 saturated heterocycles. The Bertz CT molecular complexity index is 695. The van der Waals surface area contributed by atoms with Gasteiger partial charge in [0.2, 0.25) is 0 Å². The van der Waals surface area contributed by atoms with Crippen LogP contribution in [0, 0.1) is 5.41 Å². The molecule has 28 heavy (non-hydrogen) atoms. The zero-order valence-electron chi connectivity index (χ0n) is 17.9. The van der Waals surface area contributed by atoms with E-state index in [1.807, 2.05) is 0 Å². The van der Waals surface area contributed by atoms with Crippen LogP contribution in [0.5, 0.6) is 0 Å². The average molecular weight is 385 g/mol. The fourth-order valence-corrected chi connectivity index (χ4v) is 5.38. The summed E-state index contributed by atoms with van der Waals surface area (Å²) >= 11 is 0. The van der Waals surface area contributed by atoms with Gasteiger partial charge in [-0.1, -0.05) is 51.8 Å². The van der Waals surface area contributed by atoms with Crippen LogP contribution in [0.25, 0.3) is 0 Å². The molecule has 2 aliphatic heterocycles. The van der Waals surface area contributed by atoms with Crippen molar-refractivity contribution in [3.8, 4) is 0 Å². The number of rotatable bonds is 4. The summed E-state index contributed by atoms with van der Waals surface area (Å²) in [7, 11) is 0. The molecule has 0 bridgehead atoms. The van der Waals surface area contributed by atoms with E-state index in [0.29, 0.717) is 0 Å². The first-order chi connectivity index (χ1) is 13.4. The van der Waals surface area contributed by atoms with E-state index in [0.717, 1.165) is 58.4 Å². The molecule has 1 spiro atoms. The first-order valence-electron chi connectivity index (χ1n) is 11.2. The number of esters is 1. The molecule has 0 radical (unpaired) electrons. The predicted molar refractivity (Wildman–Crippen MR) is 114 cm³/mol. The molecule has 4 rings (SSSR count). The van der Waals surface area contributed by atoms with E-state index < -0.39 is 0 Å². The van der Waals surface area contributed by atoms with Crippen molar-refractivity contribution in [3.63, 3.8) is 0 Å². The number of benzene rings is 1. The minimum Gasteiger partial charge on any atom is -0.462 e. The smallest absolute Gasteiger partial charge is 0.312 e. The van der Waals surface area contributed by atoms with E-state index in [9.17, 15) is 4.79 Å². The standard InChI is InChI=1S/C24H36N2O2/c1-23(2,3)20-8-4-5-9-21(20)26-16-14-25(15-17-26)13-10-19-18-24(22(27)28-19)11-6-7-12-24/h4-5,8-9,19H,6-7,10-18H2,1-3H3. The van der Waals surface area contributed by atoms with Crippen LogP contribution in [0.1, 0.15) is 64.9 Å². The van der Waals surface area contributed by atoms with Gasteiger partial charge in [0.05, 0.1) is 5.41 Å². The van der Waals surface area contributed by atoms with Crippen LogP contribution in [0.4, 0.5) is 5.69 Å². The number of anilines is 1. The van der Waals surface area contributed by atoms with Crippen molar-refractivity contribution >= 4 is 11.7 Å². The van der Waals surface area contributed by atoms with Crippen LogP contribution in [-0.4, -0.2) is 49.7 Å². The normalized spacial score (nSPS) is 25.5. The highest BCUT2D eigenvalue weighted by atomic mass is 16.6. The Morgan fingerprint density at radius 1 is 1.07 bits per heavy atom. The number of ether oxygens (including phenoxy) is 1. The molecule has 1 atom stereocenters. The maximum absolute atomic E-state index is 12.3. The van der Waals surface area contributed by atoms with E-state index in [1.54, 1.807) is 0 Å². The van der Waals surface area contributed by atoms with E-state index in [2.05, 4.69) is 54.8 Å². The number of nitrogens with zero attached hydrogens (tertiary/aromatic N) is 2. The van der Waals surface area contributed by atoms with Crippen molar-refractivity contribution in [2.24, 2.45) is 5.41 Å². The molecule has 1 aromatic rings. The maximum Gasteiger partial charge on any atom is 0.312 e. The lowest BCUT2D eigenvalue weighted by Gasteiger charge is -2.38. The highest BCUT2D eigenvalue weighted by Crippen LogP contribution is 2.48. The molecule has 1 saturated carbocycles. The Morgan fingerprint density at radius 3 is 2.43 bits per heavy atom. The lowest BCUT2D eigenvalue weighted by atomic mass is 9.83. The summed E-state index contributed by atoms with van der Waals surface area (Å²) in [5.41, 5.74) is 2.88. The van der Waals surface area contributed by atoms with Crippen LogP contribution >= 0.6 is 0 Å². The number of carbonyl (C=O) groups is 1. The van der Waals surface area contributed by atoms with Gasteiger partial charge in [0.1, 0.15) is 6.10 Å². The van der Waals surface area contributed by atoms with Gasteiger partial charge in [0, 0.05) is 44.8 Å². The Morgan fingerprint density at radius 2 is 1.75 bits per heavy atom. The van der Waals surface area contributed by atoms with Crippen LogP contribution in [0.3, 0.4) is 0 Å². The summed E-state index contributed by atoms with van der Waals surface area (Å²) in [6, 6.07) is 8.86. The average Bonchev–Trinajstić information content (AvgIpc) is 3.27. The molecular formula is C24H36N2O2. The van der Waals surface area contributed by atoms with Crippen molar-refractivity contribution in [1.82, 2.24) is 4.90 Å². The van der Waals surface area contributed by atoms with E-state index in [1.165, 1.54) is 24.1 Å². The zero-order chi connectivity index (χ0) is 19.8. The molecule has 0 N–H and O–H groups in total. The van der Waals surface area contributed by atoms with Gasteiger partial charge in [-0.3, -0.25) is 9.69 Å². The minimum absolute atomic E-state index is 0.0959. The quantitative estimate of drug-likeness (QED) is 0.722. The summed E-state index contributed by atoms with van der Waals surface area (Å²) < 4.78 is 5.76. The van der Waals surface area contributed by atoms with Gasteiger partial charge in [0.25, 0.3) is 0 Å². The molecule has 0 aromatic heterocycles. The maximum atomic E-state index is 12.3. The minimum atomic E-state index is -0.111. The first-order valence-corrected chi connectivity index (χ1v) is 11.2. The van der Waals surface area contributed by atoms with Crippen molar-refractivity contribution in [1.29, 1.82) is 0 Å². The van der Waals surface area contributed by atoms with Gasteiger partial charge in [-0.05, 0) is 36.3 Å². The van der Waals surface area contributed by atoms with Crippen molar-refractivity contribution in [3.05, 3.63) is 29.8 Å². The largest absolute Gasteiger partial charge is 0.462 e. The van der Waals surface area contributed by atoms with E-state index >= 15 is 0 Å². The molecule has 0 amide bonds. The molecule has 4 nitrogen and oxygen atoms in total. The van der Waals surface area contributed by atoms with Crippen LogP contribution in [0.15, 0.2) is 24.3 Å². The number of piperazine rings is 1. The summed E-state index contributed by atoms with van der Waals surface area (Å²) in [4.78, 5) is 17.4. The van der Waals surface area contributed by atoms with Gasteiger partial charge in [-0.15, -0.1) is 0 Å². The molecule has 3 aliphatic rings. The monoisotopic (exact) mass is 384 g/mol. The lowest BCUT2D eigenvalue weighted by Crippen LogP contribution is -2.47. The molecule has 154 valence electrons. The SMILES string of the molecule is CC(C)(C)c1ccccc1N1CCN(CCC2CC3(CCCC3)C(=O)O2)CC1. The molecule has 3 fully saturated rings. The van der Waals surface area contributed by atoms with Crippen LogP contribution in [0.2, 0.25) is 0 Å². The fraction of sp³-hybridized carbons (Fsp3) is 0.708. The summed E-state index contributed by atoms with van der Waals surface area (Å²) in [6.45, 7) is 12.2. The van der Waals surface area contributed by atoms with Crippen molar-refractivity contribution in [2.75, 3.05) is 37.6 Å². The molecule has 1 unspecified atom stereocenters. The second kappa shape index (κ2) is 7.70. The predicted octanol–water partition coefficient (Wildman–Crippen LogP) is 4.37. The Kier molecular flexibility index (Phi) is 5.43. The molecule has 2 heterocycles. The number of hydrogen-bond acceptors (Lipinski definition) is 4. The number of para-hydroxylation sites is 1. The Hall–Kier alpha value is -1.55. The lowest BCUT2D eigenvalue weighted by molar-refractivity contribution is -0.148. The van der Waals surface area contributed by atoms with Gasteiger partial charge in [-0.25, -0.2) is 0 Å². The summed E-state index contributed by atoms with van der Waals surface area (Å²) in [6.07, 6.45) is 6.59. The van der Waals surface area contributed by atoms with Crippen molar-refractivity contribution in [2.45, 2.75) is 70.8 Å². The molecule has 1 aliphatic carbocycles. The van der Waals surface area contributed by atoms with Crippen LogP contribution in [-0.2, 0) is 14.9 Å². The summed E-state index contributed by atoms with van der Waals surface area (Å²) in [5.74, 6) is 0.0959. The highest BCUT2D eigenvalue weighted by Gasteiger charge is 2.50.